The molecule has 0 bridgehead atoms. The van der Waals surface area contributed by atoms with Crippen LogP contribution in [0.4, 0.5) is 0 Å². The number of rotatable bonds is 5. The smallest absolute Gasteiger partial charge is 0.176 e. The van der Waals surface area contributed by atoms with Gasteiger partial charge in [-0.15, -0.1) is 0 Å². The van der Waals surface area contributed by atoms with Crippen molar-refractivity contribution in [1.29, 1.82) is 0 Å². The van der Waals surface area contributed by atoms with Crippen LogP contribution in [0.25, 0.3) is 0 Å². The molecule has 2 heteroatoms. The predicted molar refractivity (Wildman–Crippen MR) is 73.0 cm³/mol. The molecule has 1 aromatic carbocycles. The zero-order valence-electron chi connectivity index (χ0n) is 11.1. The van der Waals surface area contributed by atoms with E-state index in [0.29, 0.717) is 6.54 Å². The number of benzene rings is 1. The summed E-state index contributed by atoms with van der Waals surface area (Å²) in [7, 11) is 2.06. The second-order valence-corrected chi connectivity index (χ2v) is 5.90. The van der Waals surface area contributed by atoms with Crippen LogP contribution in [-0.4, -0.2) is 30.8 Å². The topological polar surface area (TPSA) is 20.3 Å². The van der Waals surface area contributed by atoms with Crippen molar-refractivity contribution in [2.75, 3.05) is 20.1 Å². The van der Waals surface area contributed by atoms with Crippen LogP contribution in [0.2, 0.25) is 0 Å². The van der Waals surface area contributed by atoms with Gasteiger partial charge in [0, 0.05) is 12.1 Å². The van der Waals surface area contributed by atoms with Crippen LogP contribution in [0, 0.1) is 5.92 Å². The summed E-state index contributed by atoms with van der Waals surface area (Å²) in [5, 5.41) is 0. The van der Waals surface area contributed by atoms with Crippen molar-refractivity contribution >= 4 is 5.78 Å². The van der Waals surface area contributed by atoms with Crippen molar-refractivity contribution in [2.24, 2.45) is 5.92 Å². The molecule has 0 N–H and O–H groups in total. The highest BCUT2D eigenvalue weighted by Gasteiger charge is 2.23. The van der Waals surface area contributed by atoms with Crippen LogP contribution in [0.5, 0.6) is 0 Å². The molecule has 0 radical (unpaired) electrons. The Morgan fingerprint density at radius 2 is 2.06 bits per heavy atom. The molecular weight excluding hydrogens is 222 g/mol. The van der Waals surface area contributed by atoms with Crippen molar-refractivity contribution in [1.82, 2.24) is 4.90 Å². The monoisotopic (exact) mass is 243 g/mol. The maximum absolute atomic E-state index is 12.2. The van der Waals surface area contributed by atoms with Gasteiger partial charge in [0.15, 0.2) is 5.78 Å². The van der Waals surface area contributed by atoms with E-state index >= 15 is 0 Å². The van der Waals surface area contributed by atoms with Crippen molar-refractivity contribution in [3.05, 3.63) is 34.9 Å². The van der Waals surface area contributed by atoms with E-state index in [2.05, 4.69) is 24.1 Å². The van der Waals surface area contributed by atoms with Gasteiger partial charge in [-0.2, -0.15) is 0 Å². The van der Waals surface area contributed by atoms with Gasteiger partial charge in [-0.3, -0.25) is 9.69 Å². The fraction of sp³-hybridized carbons (Fsp3) is 0.562. The Kier molecular flexibility index (Phi) is 3.21. The van der Waals surface area contributed by atoms with E-state index in [9.17, 15) is 4.79 Å². The fourth-order valence-electron chi connectivity index (χ4n) is 2.89. The summed E-state index contributed by atoms with van der Waals surface area (Å²) in [4.78, 5) is 14.4. The third kappa shape index (κ3) is 2.64. The van der Waals surface area contributed by atoms with E-state index in [-0.39, 0.29) is 5.78 Å². The lowest BCUT2D eigenvalue weighted by molar-refractivity contribution is 0.0944. The molecule has 0 saturated heterocycles. The molecule has 2 nitrogen and oxygen atoms in total. The van der Waals surface area contributed by atoms with Gasteiger partial charge < -0.3 is 0 Å². The lowest BCUT2D eigenvalue weighted by atomic mass is 10.0. The van der Waals surface area contributed by atoms with Gasteiger partial charge in [0.05, 0.1) is 6.54 Å². The summed E-state index contributed by atoms with van der Waals surface area (Å²) in [5.74, 6) is 1.12. The molecule has 1 saturated carbocycles. The first-order chi connectivity index (χ1) is 8.72. The lowest BCUT2D eigenvalue weighted by Crippen LogP contribution is -2.28. The summed E-state index contributed by atoms with van der Waals surface area (Å²) in [6.45, 7) is 1.64. The molecule has 0 atom stereocenters. The van der Waals surface area contributed by atoms with Gasteiger partial charge in [-0.1, -0.05) is 12.1 Å². The number of fused-ring (bicyclic) bond motifs is 1. The molecule has 0 aromatic heterocycles. The Hall–Kier alpha value is -1.15. The lowest BCUT2D eigenvalue weighted by Gasteiger charge is -2.15. The van der Waals surface area contributed by atoms with Crippen molar-refractivity contribution in [2.45, 2.75) is 32.1 Å². The molecule has 96 valence electrons. The molecule has 1 fully saturated rings. The van der Waals surface area contributed by atoms with Crippen LogP contribution in [0.15, 0.2) is 18.2 Å². The first-order valence-electron chi connectivity index (χ1n) is 7.06. The van der Waals surface area contributed by atoms with Crippen LogP contribution in [-0.2, 0) is 12.8 Å². The van der Waals surface area contributed by atoms with E-state index in [1.807, 2.05) is 6.07 Å². The Morgan fingerprint density at radius 3 is 2.83 bits per heavy atom. The average molecular weight is 243 g/mol. The van der Waals surface area contributed by atoms with E-state index in [4.69, 9.17) is 0 Å². The number of hydrogen-bond acceptors (Lipinski definition) is 2. The highest BCUT2D eigenvalue weighted by molar-refractivity contribution is 5.97. The third-order valence-electron chi connectivity index (χ3n) is 4.10. The molecule has 3 rings (SSSR count). The SMILES string of the molecule is CN(CC(=O)c1ccc2c(c1)CCC2)CC1CC1. The molecule has 0 heterocycles. The second-order valence-electron chi connectivity index (χ2n) is 5.90. The van der Waals surface area contributed by atoms with Gasteiger partial charge in [0.25, 0.3) is 0 Å². The molecule has 18 heavy (non-hydrogen) atoms. The normalized spacial score (nSPS) is 18.1. The summed E-state index contributed by atoms with van der Waals surface area (Å²) < 4.78 is 0. The van der Waals surface area contributed by atoms with E-state index < -0.39 is 0 Å². The highest BCUT2D eigenvalue weighted by atomic mass is 16.1. The zero-order chi connectivity index (χ0) is 12.5. The molecule has 2 aliphatic carbocycles. The number of Topliss-reactive ketones (excluding diaryl/α,β-unsaturated/α-hetero) is 1. The molecular formula is C16H21NO. The van der Waals surface area contributed by atoms with Gasteiger partial charge in [-0.05, 0) is 62.3 Å². The number of ketones is 1. The molecule has 1 aromatic rings. The molecule has 0 aliphatic heterocycles. The van der Waals surface area contributed by atoms with Crippen molar-refractivity contribution in [3.63, 3.8) is 0 Å². The maximum Gasteiger partial charge on any atom is 0.176 e. The summed E-state index contributed by atoms with van der Waals surface area (Å²) in [6, 6.07) is 6.28. The largest absolute Gasteiger partial charge is 0.299 e. The molecule has 0 amide bonds. The minimum Gasteiger partial charge on any atom is -0.299 e. The predicted octanol–water partition coefficient (Wildman–Crippen LogP) is 2.70. The first-order valence-corrected chi connectivity index (χ1v) is 7.06. The van der Waals surface area contributed by atoms with E-state index in [1.54, 1.807) is 0 Å². The Bertz CT molecular complexity index is 462. The van der Waals surface area contributed by atoms with Gasteiger partial charge in [0.2, 0.25) is 0 Å². The molecule has 2 aliphatic rings. The third-order valence-corrected chi connectivity index (χ3v) is 4.10. The quantitative estimate of drug-likeness (QED) is 0.741. The van der Waals surface area contributed by atoms with Crippen LogP contribution >= 0.6 is 0 Å². The fourth-order valence-corrected chi connectivity index (χ4v) is 2.89. The molecule has 0 spiro atoms. The summed E-state index contributed by atoms with van der Waals surface area (Å²) in [5.41, 5.74) is 3.74. The average Bonchev–Trinajstić information content (AvgIpc) is 3.03. The maximum atomic E-state index is 12.2. The van der Waals surface area contributed by atoms with Gasteiger partial charge in [-0.25, -0.2) is 0 Å². The first kappa shape index (κ1) is 11.9. The van der Waals surface area contributed by atoms with E-state index in [0.717, 1.165) is 24.4 Å². The summed E-state index contributed by atoms with van der Waals surface area (Å²) >= 11 is 0. The zero-order valence-corrected chi connectivity index (χ0v) is 11.1. The van der Waals surface area contributed by atoms with Gasteiger partial charge >= 0.3 is 0 Å². The second kappa shape index (κ2) is 4.85. The standard InChI is InChI=1S/C16H21NO/c1-17(10-12-5-6-12)11-16(18)15-8-7-13-3-2-4-14(13)9-15/h7-9,12H,2-6,10-11H2,1H3. The molecule has 0 unspecified atom stereocenters. The van der Waals surface area contributed by atoms with E-state index in [1.165, 1.54) is 36.8 Å². The van der Waals surface area contributed by atoms with Gasteiger partial charge in [0.1, 0.15) is 0 Å². The number of aryl methyl sites for hydroxylation is 2. The van der Waals surface area contributed by atoms with Crippen LogP contribution < -0.4 is 0 Å². The van der Waals surface area contributed by atoms with Crippen LogP contribution in [0.1, 0.15) is 40.7 Å². The Morgan fingerprint density at radius 1 is 1.28 bits per heavy atom. The van der Waals surface area contributed by atoms with Crippen LogP contribution in [0.3, 0.4) is 0 Å². The Balaban J connectivity index is 1.64. The van der Waals surface area contributed by atoms with Crippen molar-refractivity contribution < 1.29 is 4.79 Å². The number of likely N-dealkylation sites (N-methyl/N-ethyl adjacent to an activating group) is 1. The van der Waals surface area contributed by atoms with Crippen molar-refractivity contribution in [3.8, 4) is 0 Å². The highest BCUT2D eigenvalue weighted by Crippen LogP contribution is 2.29. The number of carbonyl (C=O) groups excluding carboxylic acids is 1. The summed E-state index contributed by atoms with van der Waals surface area (Å²) in [6.07, 6.45) is 6.27. The minimum atomic E-state index is 0.271. The number of hydrogen-bond donors (Lipinski definition) is 0. The Labute approximate surface area is 109 Å². The number of carbonyl (C=O) groups is 1. The minimum absolute atomic E-state index is 0.271. The number of nitrogens with zero attached hydrogens (tertiary/aromatic N) is 1.